The van der Waals surface area contributed by atoms with Crippen molar-refractivity contribution in [2.24, 2.45) is 0 Å². The Labute approximate surface area is 130 Å². The maximum atomic E-state index is 11.5. The van der Waals surface area contributed by atoms with Crippen molar-refractivity contribution in [3.8, 4) is 5.88 Å². The van der Waals surface area contributed by atoms with Gasteiger partial charge >= 0.3 is 0 Å². The van der Waals surface area contributed by atoms with Gasteiger partial charge in [0.2, 0.25) is 5.88 Å². The number of ether oxygens (including phenoxy) is 1. The minimum Gasteiger partial charge on any atom is -0.481 e. The molecule has 1 aromatic heterocycles. The lowest BCUT2D eigenvalue weighted by Gasteiger charge is -2.39. The van der Waals surface area contributed by atoms with Gasteiger partial charge in [0, 0.05) is 48.1 Å². The topological polar surface area (TPSA) is 42.4 Å². The summed E-state index contributed by atoms with van der Waals surface area (Å²) in [5.74, 6) is 1.11. The Hall–Kier alpha value is -2.10. The van der Waals surface area contributed by atoms with Gasteiger partial charge in [-0.05, 0) is 37.0 Å². The van der Waals surface area contributed by atoms with Crippen molar-refractivity contribution in [2.45, 2.75) is 38.1 Å². The first kappa shape index (κ1) is 13.6. The van der Waals surface area contributed by atoms with Crippen LogP contribution in [0.25, 0.3) is 10.8 Å². The van der Waals surface area contributed by atoms with E-state index in [9.17, 15) is 4.79 Å². The van der Waals surface area contributed by atoms with E-state index in [1.165, 1.54) is 16.6 Å². The molecule has 0 atom stereocenters. The number of benzene rings is 1. The molecule has 0 radical (unpaired) electrons. The number of pyridine rings is 1. The molecule has 0 spiro atoms. The Morgan fingerprint density at radius 2 is 2.05 bits per heavy atom. The zero-order valence-corrected chi connectivity index (χ0v) is 12.8. The zero-order valence-electron chi connectivity index (χ0n) is 12.8. The average Bonchev–Trinajstić information content (AvgIpc) is 2.57. The van der Waals surface area contributed by atoms with Gasteiger partial charge in [0.05, 0.1) is 7.11 Å². The van der Waals surface area contributed by atoms with Crippen molar-refractivity contribution in [1.29, 1.82) is 0 Å². The fourth-order valence-electron chi connectivity index (χ4n) is 3.89. The van der Waals surface area contributed by atoms with Crippen LogP contribution in [0.5, 0.6) is 5.88 Å². The fraction of sp³-hybridized carbons (Fsp3) is 0.444. The number of carbonyl (C=O) groups is 1. The van der Waals surface area contributed by atoms with Crippen LogP contribution in [0.1, 0.15) is 31.2 Å². The van der Waals surface area contributed by atoms with Gasteiger partial charge in [0.1, 0.15) is 5.78 Å². The van der Waals surface area contributed by atoms with Gasteiger partial charge in [0.25, 0.3) is 0 Å². The molecular formula is C18H20N2O2. The van der Waals surface area contributed by atoms with E-state index in [0.717, 1.165) is 44.0 Å². The molecule has 0 saturated heterocycles. The van der Waals surface area contributed by atoms with Gasteiger partial charge in [-0.3, -0.25) is 4.79 Å². The smallest absolute Gasteiger partial charge is 0.221 e. The van der Waals surface area contributed by atoms with E-state index < -0.39 is 0 Å². The molecule has 1 aromatic carbocycles. The van der Waals surface area contributed by atoms with Crippen molar-refractivity contribution in [3.63, 3.8) is 0 Å². The molecular weight excluding hydrogens is 276 g/mol. The predicted molar refractivity (Wildman–Crippen MR) is 86.6 cm³/mol. The number of anilines is 1. The molecule has 0 N–H and O–H groups in total. The van der Waals surface area contributed by atoms with E-state index >= 15 is 0 Å². The molecule has 114 valence electrons. The number of hydrogen-bond acceptors (Lipinski definition) is 4. The van der Waals surface area contributed by atoms with Crippen molar-refractivity contribution in [3.05, 3.63) is 30.0 Å². The van der Waals surface area contributed by atoms with Gasteiger partial charge in [0.15, 0.2) is 0 Å². The van der Waals surface area contributed by atoms with Crippen molar-refractivity contribution in [2.75, 3.05) is 18.6 Å². The quantitative estimate of drug-likeness (QED) is 0.854. The van der Waals surface area contributed by atoms with E-state index in [4.69, 9.17) is 4.74 Å². The summed E-state index contributed by atoms with van der Waals surface area (Å²) >= 11 is 0. The molecule has 4 rings (SSSR count). The highest BCUT2D eigenvalue weighted by Gasteiger charge is 2.29. The van der Waals surface area contributed by atoms with Crippen LogP contribution in [0.15, 0.2) is 24.4 Å². The predicted octanol–water partition coefficient (Wildman–Crippen LogP) is 3.12. The lowest BCUT2D eigenvalue weighted by molar-refractivity contribution is -0.120. The number of Topliss-reactive ketones (excluding diaryl/α,β-unsaturated/α-hetero) is 1. The molecule has 2 heterocycles. The molecule has 1 fully saturated rings. The second-order valence-electron chi connectivity index (χ2n) is 6.21. The third-order valence-corrected chi connectivity index (χ3v) is 5.01. The van der Waals surface area contributed by atoms with Crippen molar-refractivity contribution < 1.29 is 9.53 Å². The van der Waals surface area contributed by atoms with Gasteiger partial charge in [-0.1, -0.05) is 6.07 Å². The highest BCUT2D eigenvalue weighted by molar-refractivity contribution is 6.00. The van der Waals surface area contributed by atoms with Crippen molar-refractivity contribution >= 4 is 22.2 Å². The molecule has 2 aliphatic rings. The largest absolute Gasteiger partial charge is 0.481 e. The molecule has 1 aliphatic carbocycles. The molecule has 22 heavy (non-hydrogen) atoms. The monoisotopic (exact) mass is 296 g/mol. The number of methoxy groups -OCH3 is 1. The van der Waals surface area contributed by atoms with Gasteiger partial charge in [-0.2, -0.15) is 0 Å². The minimum absolute atomic E-state index is 0.415. The SMILES string of the molecule is COc1ncc2c3c(cccc13)N(C1CCC(=O)CC1)CC2. The van der Waals surface area contributed by atoms with E-state index in [0.29, 0.717) is 17.7 Å². The summed E-state index contributed by atoms with van der Waals surface area (Å²) in [4.78, 5) is 18.5. The molecule has 2 aromatic rings. The lowest BCUT2D eigenvalue weighted by Crippen LogP contribution is -2.41. The van der Waals surface area contributed by atoms with E-state index in [1.54, 1.807) is 7.11 Å². The minimum atomic E-state index is 0.415. The Morgan fingerprint density at radius 1 is 1.23 bits per heavy atom. The highest BCUT2D eigenvalue weighted by Crippen LogP contribution is 2.39. The third kappa shape index (κ3) is 2.05. The van der Waals surface area contributed by atoms with Gasteiger partial charge in [-0.15, -0.1) is 0 Å². The first-order chi connectivity index (χ1) is 10.8. The second kappa shape index (κ2) is 5.27. The Morgan fingerprint density at radius 3 is 2.82 bits per heavy atom. The maximum absolute atomic E-state index is 11.5. The van der Waals surface area contributed by atoms with Crippen LogP contribution in [-0.4, -0.2) is 30.5 Å². The summed E-state index contributed by atoms with van der Waals surface area (Å²) in [6, 6.07) is 6.84. The number of ketones is 1. The fourth-order valence-corrected chi connectivity index (χ4v) is 3.89. The van der Waals surface area contributed by atoms with Crippen LogP contribution in [0.4, 0.5) is 5.69 Å². The highest BCUT2D eigenvalue weighted by atomic mass is 16.5. The number of aromatic nitrogens is 1. The number of hydrogen-bond donors (Lipinski definition) is 0. The number of nitrogens with zero attached hydrogens (tertiary/aromatic N) is 2. The van der Waals surface area contributed by atoms with Crippen LogP contribution >= 0.6 is 0 Å². The standard InChI is InChI=1S/C18H20N2O2/c1-22-18-15-3-2-4-16-17(15)12(11-19-18)9-10-20(16)13-5-7-14(21)8-6-13/h2-4,11,13H,5-10H2,1H3. The molecule has 0 bridgehead atoms. The zero-order chi connectivity index (χ0) is 15.1. The molecule has 4 heteroatoms. The maximum Gasteiger partial charge on any atom is 0.221 e. The van der Waals surface area contributed by atoms with Crippen LogP contribution in [-0.2, 0) is 11.2 Å². The molecule has 4 nitrogen and oxygen atoms in total. The first-order valence-electron chi connectivity index (χ1n) is 8.01. The Bertz CT molecular complexity index is 731. The summed E-state index contributed by atoms with van der Waals surface area (Å²) in [5, 5.41) is 2.37. The summed E-state index contributed by atoms with van der Waals surface area (Å²) < 4.78 is 5.43. The first-order valence-corrected chi connectivity index (χ1v) is 8.01. The van der Waals surface area contributed by atoms with Gasteiger partial charge in [-0.25, -0.2) is 4.98 Å². The van der Waals surface area contributed by atoms with E-state index in [1.807, 2.05) is 6.20 Å². The Kier molecular flexibility index (Phi) is 3.25. The van der Waals surface area contributed by atoms with Gasteiger partial charge < -0.3 is 9.64 Å². The summed E-state index contributed by atoms with van der Waals surface area (Å²) in [6.45, 7) is 1.01. The van der Waals surface area contributed by atoms with E-state index in [2.05, 4.69) is 28.1 Å². The molecule has 0 unspecified atom stereocenters. The average molecular weight is 296 g/mol. The lowest BCUT2D eigenvalue weighted by atomic mass is 9.90. The van der Waals surface area contributed by atoms with Crippen LogP contribution in [0.2, 0.25) is 0 Å². The third-order valence-electron chi connectivity index (χ3n) is 5.01. The summed E-state index contributed by atoms with van der Waals surface area (Å²) in [5.41, 5.74) is 2.58. The summed E-state index contributed by atoms with van der Waals surface area (Å²) in [6.07, 6.45) is 6.37. The van der Waals surface area contributed by atoms with Crippen molar-refractivity contribution in [1.82, 2.24) is 4.98 Å². The number of rotatable bonds is 2. The molecule has 1 saturated carbocycles. The van der Waals surface area contributed by atoms with Crippen LogP contribution < -0.4 is 9.64 Å². The normalized spacial score (nSPS) is 18.8. The number of carbonyl (C=O) groups excluding carboxylic acids is 1. The summed E-state index contributed by atoms with van der Waals surface area (Å²) in [7, 11) is 1.67. The molecule has 0 amide bonds. The molecule has 1 aliphatic heterocycles. The van der Waals surface area contributed by atoms with Crippen LogP contribution in [0, 0.1) is 0 Å². The second-order valence-corrected chi connectivity index (χ2v) is 6.21. The Balaban J connectivity index is 1.80. The van der Waals surface area contributed by atoms with Crippen LogP contribution in [0.3, 0.4) is 0 Å². The van der Waals surface area contributed by atoms with E-state index in [-0.39, 0.29) is 0 Å².